The first-order chi connectivity index (χ1) is 9.79. The monoisotopic (exact) mass is 291 g/mol. The van der Waals surface area contributed by atoms with Crippen LogP contribution in [0.5, 0.6) is 0 Å². The van der Waals surface area contributed by atoms with Crippen LogP contribution in [-0.4, -0.2) is 27.3 Å². The van der Waals surface area contributed by atoms with Crippen LogP contribution in [0, 0.1) is 12.7 Å². The summed E-state index contributed by atoms with van der Waals surface area (Å²) in [5.41, 5.74) is 0.0575. The highest BCUT2D eigenvalue weighted by Crippen LogP contribution is 2.18. The van der Waals surface area contributed by atoms with Gasteiger partial charge in [-0.05, 0) is 31.5 Å². The highest BCUT2D eigenvalue weighted by atomic mass is 19.1. The predicted octanol–water partition coefficient (Wildman–Crippen LogP) is 1.51. The van der Waals surface area contributed by atoms with Crippen LogP contribution in [0.15, 0.2) is 30.6 Å². The summed E-state index contributed by atoms with van der Waals surface area (Å²) in [5, 5.41) is 16.9. The van der Waals surface area contributed by atoms with Crippen molar-refractivity contribution in [1.82, 2.24) is 15.1 Å². The minimum Gasteiger partial charge on any atom is -0.383 e. The Morgan fingerprint density at radius 3 is 2.81 bits per heavy atom. The SMILES string of the molecule is Cc1ccc(C(=O)NCC(C)(O)c2cnn(C)c2)cc1F. The Kier molecular flexibility index (Phi) is 4.09. The highest BCUT2D eigenvalue weighted by Gasteiger charge is 2.25. The van der Waals surface area contributed by atoms with Crippen LogP contribution >= 0.6 is 0 Å². The molecule has 1 amide bonds. The van der Waals surface area contributed by atoms with Gasteiger partial charge >= 0.3 is 0 Å². The number of benzene rings is 1. The molecule has 0 aliphatic rings. The number of aliphatic hydroxyl groups is 1. The quantitative estimate of drug-likeness (QED) is 0.897. The van der Waals surface area contributed by atoms with E-state index in [0.29, 0.717) is 11.1 Å². The zero-order valence-corrected chi connectivity index (χ0v) is 12.2. The van der Waals surface area contributed by atoms with Crippen molar-refractivity contribution < 1.29 is 14.3 Å². The third kappa shape index (κ3) is 3.46. The standard InChI is InChI=1S/C15H18FN3O2/c1-10-4-5-11(6-13(10)16)14(20)17-9-15(2,21)12-7-18-19(3)8-12/h4-8,21H,9H2,1-3H3,(H,17,20). The number of aromatic nitrogens is 2. The van der Waals surface area contributed by atoms with Gasteiger partial charge in [-0.1, -0.05) is 6.07 Å². The fraction of sp³-hybridized carbons (Fsp3) is 0.333. The van der Waals surface area contributed by atoms with Crippen molar-refractivity contribution in [2.45, 2.75) is 19.4 Å². The van der Waals surface area contributed by atoms with Crippen molar-refractivity contribution in [3.8, 4) is 0 Å². The van der Waals surface area contributed by atoms with Crippen molar-refractivity contribution in [3.05, 3.63) is 53.1 Å². The van der Waals surface area contributed by atoms with Crippen LogP contribution < -0.4 is 5.32 Å². The highest BCUT2D eigenvalue weighted by molar-refractivity contribution is 5.94. The van der Waals surface area contributed by atoms with Crippen LogP contribution in [0.1, 0.15) is 28.4 Å². The first-order valence-electron chi connectivity index (χ1n) is 6.55. The van der Waals surface area contributed by atoms with E-state index in [4.69, 9.17) is 0 Å². The Hall–Kier alpha value is -2.21. The van der Waals surface area contributed by atoms with Crippen LogP contribution in [0.3, 0.4) is 0 Å². The Morgan fingerprint density at radius 2 is 2.24 bits per heavy atom. The second-order valence-corrected chi connectivity index (χ2v) is 5.32. The molecule has 1 aromatic carbocycles. The van der Waals surface area contributed by atoms with E-state index in [1.54, 1.807) is 43.9 Å². The van der Waals surface area contributed by atoms with Crippen molar-refractivity contribution in [2.75, 3.05) is 6.54 Å². The smallest absolute Gasteiger partial charge is 0.251 e. The van der Waals surface area contributed by atoms with Crippen molar-refractivity contribution in [3.63, 3.8) is 0 Å². The maximum Gasteiger partial charge on any atom is 0.251 e. The molecule has 0 aliphatic heterocycles. The number of amides is 1. The summed E-state index contributed by atoms with van der Waals surface area (Å²) in [6.07, 6.45) is 3.22. The Morgan fingerprint density at radius 1 is 1.52 bits per heavy atom. The zero-order valence-electron chi connectivity index (χ0n) is 12.2. The maximum atomic E-state index is 13.4. The van der Waals surface area contributed by atoms with E-state index in [9.17, 15) is 14.3 Å². The van der Waals surface area contributed by atoms with Gasteiger partial charge in [-0.15, -0.1) is 0 Å². The first-order valence-corrected chi connectivity index (χ1v) is 6.55. The lowest BCUT2D eigenvalue weighted by atomic mass is 9.99. The van der Waals surface area contributed by atoms with Crippen LogP contribution in [0.2, 0.25) is 0 Å². The summed E-state index contributed by atoms with van der Waals surface area (Å²) in [7, 11) is 1.74. The normalized spacial score (nSPS) is 13.8. The molecule has 0 aliphatic carbocycles. The average molecular weight is 291 g/mol. The molecular weight excluding hydrogens is 273 g/mol. The summed E-state index contributed by atoms with van der Waals surface area (Å²) in [6, 6.07) is 4.28. The van der Waals surface area contributed by atoms with E-state index in [-0.39, 0.29) is 12.1 Å². The van der Waals surface area contributed by atoms with Gasteiger partial charge in [0.05, 0.1) is 12.7 Å². The summed E-state index contributed by atoms with van der Waals surface area (Å²) in [5.74, 6) is -0.861. The van der Waals surface area contributed by atoms with Gasteiger partial charge in [-0.25, -0.2) is 4.39 Å². The van der Waals surface area contributed by atoms with Gasteiger partial charge in [0.1, 0.15) is 11.4 Å². The first kappa shape index (κ1) is 15.2. The van der Waals surface area contributed by atoms with Crippen molar-refractivity contribution in [2.24, 2.45) is 7.05 Å². The van der Waals surface area contributed by atoms with Gasteiger partial charge in [0.15, 0.2) is 0 Å². The van der Waals surface area contributed by atoms with Crippen LogP contribution in [-0.2, 0) is 12.6 Å². The average Bonchev–Trinajstić information content (AvgIpc) is 2.87. The van der Waals surface area contributed by atoms with Gasteiger partial charge in [-0.2, -0.15) is 5.10 Å². The molecular formula is C15H18FN3O2. The van der Waals surface area contributed by atoms with Gasteiger partial charge in [0.2, 0.25) is 0 Å². The fourth-order valence-corrected chi connectivity index (χ4v) is 1.89. The molecule has 0 fully saturated rings. The molecule has 2 aromatic rings. The van der Waals surface area contributed by atoms with Crippen LogP contribution in [0.4, 0.5) is 4.39 Å². The van der Waals surface area contributed by atoms with E-state index >= 15 is 0 Å². The third-order valence-corrected chi connectivity index (χ3v) is 3.35. The zero-order chi connectivity index (χ0) is 15.6. The lowest BCUT2D eigenvalue weighted by molar-refractivity contribution is 0.0526. The van der Waals surface area contributed by atoms with E-state index in [2.05, 4.69) is 10.4 Å². The molecule has 2 N–H and O–H groups in total. The largest absolute Gasteiger partial charge is 0.383 e. The molecule has 112 valence electrons. The number of aryl methyl sites for hydroxylation is 2. The number of nitrogens with one attached hydrogen (secondary N) is 1. The Labute approximate surface area is 122 Å². The van der Waals surface area contributed by atoms with Gasteiger partial charge < -0.3 is 10.4 Å². The summed E-state index contributed by atoms with van der Waals surface area (Å²) < 4.78 is 15.0. The Bertz CT molecular complexity index is 665. The molecule has 1 aromatic heterocycles. The minimum absolute atomic E-state index is 0.00697. The predicted molar refractivity (Wildman–Crippen MR) is 76.2 cm³/mol. The molecule has 5 nitrogen and oxygen atoms in total. The van der Waals surface area contributed by atoms with E-state index in [0.717, 1.165) is 0 Å². The minimum atomic E-state index is -1.24. The summed E-state index contributed by atoms with van der Waals surface area (Å²) in [4.78, 5) is 12.0. The second kappa shape index (κ2) is 5.65. The topological polar surface area (TPSA) is 67.2 Å². The lowest BCUT2D eigenvalue weighted by Gasteiger charge is -2.22. The number of rotatable bonds is 4. The number of carbonyl (C=O) groups excluding carboxylic acids is 1. The number of halogens is 1. The third-order valence-electron chi connectivity index (χ3n) is 3.35. The number of nitrogens with zero attached hydrogens (tertiary/aromatic N) is 2. The second-order valence-electron chi connectivity index (χ2n) is 5.32. The Balaban J connectivity index is 2.04. The van der Waals surface area contributed by atoms with Gasteiger partial charge in [-0.3, -0.25) is 9.48 Å². The van der Waals surface area contributed by atoms with E-state index in [1.807, 2.05) is 0 Å². The number of carbonyl (C=O) groups is 1. The molecule has 0 saturated heterocycles. The molecule has 0 radical (unpaired) electrons. The van der Waals surface area contributed by atoms with Crippen molar-refractivity contribution in [1.29, 1.82) is 0 Å². The van der Waals surface area contributed by atoms with E-state index < -0.39 is 17.3 Å². The molecule has 1 unspecified atom stereocenters. The molecule has 0 saturated carbocycles. The van der Waals surface area contributed by atoms with Gasteiger partial charge in [0, 0.05) is 24.4 Å². The molecule has 2 rings (SSSR count). The molecule has 21 heavy (non-hydrogen) atoms. The van der Waals surface area contributed by atoms with E-state index in [1.165, 1.54) is 12.3 Å². The molecule has 6 heteroatoms. The summed E-state index contributed by atoms with van der Waals surface area (Å²) >= 11 is 0. The molecule has 1 heterocycles. The number of hydrogen-bond donors (Lipinski definition) is 2. The number of hydrogen-bond acceptors (Lipinski definition) is 3. The fourth-order valence-electron chi connectivity index (χ4n) is 1.89. The van der Waals surface area contributed by atoms with Gasteiger partial charge in [0.25, 0.3) is 5.91 Å². The molecule has 0 bridgehead atoms. The maximum absolute atomic E-state index is 13.4. The van der Waals surface area contributed by atoms with Crippen LogP contribution in [0.25, 0.3) is 0 Å². The lowest BCUT2D eigenvalue weighted by Crippen LogP contribution is -2.38. The summed E-state index contributed by atoms with van der Waals surface area (Å²) in [6.45, 7) is 3.22. The molecule has 0 spiro atoms. The molecule has 1 atom stereocenters. The van der Waals surface area contributed by atoms with Crippen molar-refractivity contribution >= 4 is 5.91 Å².